The molecular formula is C24H24N2. The van der Waals surface area contributed by atoms with Crippen LogP contribution in [0, 0.1) is 0 Å². The van der Waals surface area contributed by atoms with Crippen molar-refractivity contribution in [1.82, 2.24) is 9.80 Å². The highest BCUT2D eigenvalue weighted by atomic mass is 15.2. The van der Waals surface area contributed by atoms with Crippen LogP contribution in [0.15, 0.2) is 110 Å². The van der Waals surface area contributed by atoms with Gasteiger partial charge in [-0.2, -0.15) is 0 Å². The molecule has 2 nitrogen and oxygen atoms in total. The van der Waals surface area contributed by atoms with Crippen molar-refractivity contribution in [3.63, 3.8) is 0 Å². The number of allylic oxidation sites excluding steroid dienone is 4. The van der Waals surface area contributed by atoms with Gasteiger partial charge >= 0.3 is 0 Å². The van der Waals surface area contributed by atoms with E-state index in [1.807, 2.05) is 0 Å². The predicted octanol–water partition coefficient (Wildman–Crippen LogP) is 5.24. The number of nitrogens with zero attached hydrogens (tertiary/aromatic N) is 2. The summed E-state index contributed by atoms with van der Waals surface area (Å²) in [7, 11) is 0. The third-order valence-electron chi connectivity index (χ3n) is 4.98. The van der Waals surface area contributed by atoms with Crippen LogP contribution in [-0.2, 0) is 0 Å². The van der Waals surface area contributed by atoms with Gasteiger partial charge in [-0.05, 0) is 23.3 Å². The Kier molecular flexibility index (Phi) is 5.02. The molecule has 0 N–H and O–H groups in total. The van der Waals surface area contributed by atoms with Gasteiger partial charge in [-0.1, -0.05) is 85.0 Å². The average molecular weight is 340 g/mol. The highest BCUT2D eigenvalue weighted by Crippen LogP contribution is 2.39. The van der Waals surface area contributed by atoms with Crippen molar-refractivity contribution in [3.05, 3.63) is 121 Å². The normalized spacial score (nSPS) is 18.2. The Morgan fingerprint density at radius 1 is 0.538 bits per heavy atom. The summed E-state index contributed by atoms with van der Waals surface area (Å²) >= 11 is 0. The molecule has 0 amide bonds. The minimum atomic E-state index is 0.232. The van der Waals surface area contributed by atoms with E-state index in [1.165, 1.54) is 11.1 Å². The first-order valence-electron chi connectivity index (χ1n) is 9.21. The smallest absolute Gasteiger partial charge is 0.0785 e. The molecule has 0 unspecified atom stereocenters. The van der Waals surface area contributed by atoms with Crippen LogP contribution in [0.25, 0.3) is 0 Å². The van der Waals surface area contributed by atoms with E-state index in [-0.39, 0.29) is 12.1 Å². The van der Waals surface area contributed by atoms with Crippen molar-refractivity contribution in [3.8, 4) is 0 Å². The summed E-state index contributed by atoms with van der Waals surface area (Å²) in [5.41, 5.74) is 2.67. The lowest BCUT2D eigenvalue weighted by atomic mass is 9.90. The lowest BCUT2D eigenvalue weighted by Gasteiger charge is -2.43. The molecule has 0 radical (unpaired) electrons. The Morgan fingerprint density at radius 2 is 0.962 bits per heavy atom. The van der Waals surface area contributed by atoms with Gasteiger partial charge < -0.3 is 9.80 Å². The maximum atomic E-state index is 2.44. The summed E-state index contributed by atoms with van der Waals surface area (Å²) in [5.74, 6) is 0. The molecule has 0 bridgehead atoms. The fourth-order valence-electron chi connectivity index (χ4n) is 3.79. The van der Waals surface area contributed by atoms with Crippen LogP contribution in [0.3, 0.4) is 0 Å². The molecule has 2 heterocycles. The molecule has 2 aromatic carbocycles. The molecule has 4 rings (SSSR count). The van der Waals surface area contributed by atoms with Gasteiger partial charge in [0, 0.05) is 25.5 Å². The summed E-state index contributed by atoms with van der Waals surface area (Å²) < 4.78 is 0. The minimum Gasteiger partial charge on any atom is -0.364 e. The molecule has 2 aromatic rings. The van der Waals surface area contributed by atoms with Crippen LogP contribution in [0.5, 0.6) is 0 Å². The molecule has 2 atom stereocenters. The topological polar surface area (TPSA) is 6.48 Å². The Labute approximate surface area is 156 Å². The van der Waals surface area contributed by atoms with E-state index in [0.29, 0.717) is 0 Å². The molecule has 0 fully saturated rings. The zero-order chi connectivity index (χ0) is 17.6. The Morgan fingerprint density at radius 3 is 1.31 bits per heavy atom. The summed E-state index contributed by atoms with van der Waals surface area (Å²) in [5, 5.41) is 0. The molecule has 26 heavy (non-hydrogen) atoms. The number of benzene rings is 2. The van der Waals surface area contributed by atoms with Gasteiger partial charge in [-0.15, -0.1) is 0 Å². The quantitative estimate of drug-likeness (QED) is 0.734. The van der Waals surface area contributed by atoms with Crippen LogP contribution in [0.2, 0.25) is 0 Å². The Hall–Kier alpha value is -3.00. The number of rotatable bonds is 5. The van der Waals surface area contributed by atoms with Gasteiger partial charge in [-0.25, -0.2) is 0 Å². The predicted molar refractivity (Wildman–Crippen MR) is 108 cm³/mol. The highest BCUT2D eigenvalue weighted by Gasteiger charge is 2.32. The van der Waals surface area contributed by atoms with Crippen LogP contribution in [-0.4, -0.2) is 22.9 Å². The first-order valence-corrected chi connectivity index (χ1v) is 9.21. The molecule has 0 aliphatic carbocycles. The van der Waals surface area contributed by atoms with Crippen molar-refractivity contribution >= 4 is 0 Å². The van der Waals surface area contributed by atoms with Gasteiger partial charge in [0.1, 0.15) is 0 Å². The third kappa shape index (κ3) is 3.50. The molecule has 0 saturated carbocycles. The van der Waals surface area contributed by atoms with Crippen molar-refractivity contribution in [2.75, 3.05) is 13.1 Å². The van der Waals surface area contributed by atoms with E-state index < -0.39 is 0 Å². The van der Waals surface area contributed by atoms with Crippen molar-refractivity contribution in [2.24, 2.45) is 0 Å². The van der Waals surface area contributed by atoms with Gasteiger partial charge in [0.2, 0.25) is 0 Å². The van der Waals surface area contributed by atoms with E-state index in [1.54, 1.807) is 0 Å². The monoisotopic (exact) mass is 340 g/mol. The Bertz CT molecular complexity index is 746. The SMILES string of the molecule is C1=CCN([C@H](c2ccccc2)[C@@H](c2ccccc2)N2C=CC=CC2)C=C1. The lowest BCUT2D eigenvalue weighted by molar-refractivity contribution is 0.159. The summed E-state index contributed by atoms with van der Waals surface area (Å²) in [6.07, 6.45) is 17.4. The van der Waals surface area contributed by atoms with E-state index in [0.717, 1.165) is 13.1 Å². The summed E-state index contributed by atoms with van der Waals surface area (Å²) in [6, 6.07) is 22.2. The fraction of sp³-hybridized carbons (Fsp3) is 0.167. The zero-order valence-electron chi connectivity index (χ0n) is 14.9. The number of hydrogen-bond acceptors (Lipinski definition) is 2. The Balaban J connectivity index is 1.80. The van der Waals surface area contributed by atoms with Crippen LogP contribution >= 0.6 is 0 Å². The lowest BCUT2D eigenvalue weighted by Crippen LogP contribution is -2.38. The fourth-order valence-corrected chi connectivity index (χ4v) is 3.79. The van der Waals surface area contributed by atoms with Crippen LogP contribution in [0.1, 0.15) is 23.2 Å². The molecule has 0 spiro atoms. The van der Waals surface area contributed by atoms with Gasteiger partial charge in [-0.3, -0.25) is 0 Å². The summed E-state index contributed by atoms with van der Waals surface area (Å²) in [4.78, 5) is 4.89. The largest absolute Gasteiger partial charge is 0.364 e. The second kappa shape index (κ2) is 7.92. The molecule has 2 aliphatic rings. The van der Waals surface area contributed by atoms with Crippen molar-refractivity contribution < 1.29 is 0 Å². The maximum Gasteiger partial charge on any atom is 0.0785 e. The van der Waals surface area contributed by atoms with E-state index in [9.17, 15) is 0 Å². The van der Waals surface area contributed by atoms with E-state index in [2.05, 4.69) is 119 Å². The van der Waals surface area contributed by atoms with Crippen molar-refractivity contribution in [1.29, 1.82) is 0 Å². The average Bonchev–Trinajstić information content (AvgIpc) is 2.74. The van der Waals surface area contributed by atoms with Gasteiger partial charge in [0.15, 0.2) is 0 Å². The molecule has 130 valence electrons. The molecule has 0 aromatic heterocycles. The zero-order valence-corrected chi connectivity index (χ0v) is 14.9. The second-order valence-electron chi connectivity index (χ2n) is 6.64. The van der Waals surface area contributed by atoms with E-state index in [4.69, 9.17) is 0 Å². The van der Waals surface area contributed by atoms with Crippen LogP contribution < -0.4 is 0 Å². The van der Waals surface area contributed by atoms with Crippen molar-refractivity contribution in [2.45, 2.75) is 12.1 Å². The highest BCUT2D eigenvalue weighted by molar-refractivity contribution is 5.31. The molecule has 2 aliphatic heterocycles. The maximum absolute atomic E-state index is 2.44. The van der Waals surface area contributed by atoms with Gasteiger partial charge in [0.25, 0.3) is 0 Å². The minimum absolute atomic E-state index is 0.232. The van der Waals surface area contributed by atoms with E-state index >= 15 is 0 Å². The first kappa shape index (κ1) is 16.5. The molecule has 0 saturated heterocycles. The van der Waals surface area contributed by atoms with Gasteiger partial charge in [0.05, 0.1) is 12.1 Å². The first-order chi connectivity index (χ1) is 12.9. The molecular weight excluding hydrogens is 316 g/mol. The van der Waals surface area contributed by atoms with Crippen LogP contribution in [0.4, 0.5) is 0 Å². The second-order valence-corrected chi connectivity index (χ2v) is 6.64. The standard InChI is InChI=1S/C24H24N2/c1-5-13-21(14-6-1)23(25-17-9-3-10-18-25)24(22-15-7-2-8-16-22)26-19-11-4-12-20-26/h1-17,19,23-24H,18,20H2/t23-,24-/m1/s1. The number of hydrogen-bond donors (Lipinski definition) is 0. The molecule has 2 heteroatoms. The third-order valence-corrected chi connectivity index (χ3v) is 4.98. The summed E-state index contributed by atoms with van der Waals surface area (Å²) in [6.45, 7) is 1.85.